The van der Waals surface area contributed by atoms with Crippen molar-refractivity contribution in [1.82, 2.24) is 4.90 Å². The molecule has 6 heteroatoms. The predicted octanol–water partition coefficient (Wildman–Crippen LogP) is 1.77. The Balaban J connectivity index is 1.75. The lowest BCUT2D eigenvalue weighted by molar-refractivity contribution is 0.230. The zero-order valence-electron chi connectivity index (χ0n) is 11.3. The summed E-state index contributed by atoms with van der Waals surface area (Å²) in [5.41, 5.74) is 6.66. The van der Waals surface area contributed by atoms with Gasteiger partial charge in [0.2, 0.25) is 0 Å². The van der Waals surface area contributed by atoms with Gasteiger partial charge in [0.1, 0.15) is 5.82 Å². The molecule has 1 aromatic carbocycles. The number of anilines is 2. The van der Waals surface area contributed by atoms with Gasteiger partial charge in [-0.3, -0.25) is 4.90 Å². The third kappa shape index (κ3) is 2.71. The summed E-state index contributed by atoms with van der Waals surface area (Å²) < 4.78 is 14.2. The molecule has 0 aliphatic carbocycles. The van der Waals surface area contributed by atoms with Crippen molar-refractivity contribution in [3.05, 3.63) is 24.0 Å². The first kappa shape index (κ1) is 13.6. The van der Waals surface area contributed by atoms with Crippen LogP contribution in [0.4, 0.5) is 15.8 Å². The van der Waals surface area contributed by atoms with Crippen molar-refractivity contribution in [3.8, 4) is 0 Å². The van der Waals surface area contributed by atoms with Crippen molar-refractivity contribution in [3.63, 3.8) is 0 Å². The number of nitrogens with two attached hydrogens (primary N) is 1. The highest BCUT2D eigenvalue weighted by molar-refractivity contribution is 7.80. The molecule has 2 saturated heterocycles. The van der Waals surface area contributed by atoms with E-state index in [1.165, 1.54) is 25.5 Å². The molecule has 0 aromatic heterocycles. The lowest BCUT2D eigenvalue weighted by Crippen LogP contribution is -2.50. The van der Waals surface area contributed by atoms with E-state index in [9.17, 15) is 4.39 Å². The molecule has 0 amide bonds. The van der Waals surface area contributed by atoms with Gasteiger partial charge in [-0.05, 0) is 49.8 Å². The van der Waals surface area contributed by atoms with Gasteiger partial charge in [0.15, 0.2) is 5.11 Å². The number of nitrogens with zero attached hydrogens (tertiary/aromatic N) is 2. The van der Waals surface area contributed by atoms with Crippen LogP contribution >= 0.6 is 12.2 Å². The smallest absolute Gasteiger partial charge is 0.168 e. The molecule has 2 heterocycles. The van der Waals surface area contributed by atoms with Gasteiger partial charge in [0.05, 0.1) is 5.69 Å². The van der Waals surface area contributed by atoms with Gasteiger partial charge >= 0.3 is 0 Å². The van der Waals surface area contributed by atoms with Gasteiger partial charge in [-0.25, -0.2) is 4.39 Å². The van der Waals surface area contributed by atoms with Crippen LogP contribution in [0, 0.1) is 5.82 Å². The molecule has 4 nitrogen and oxygen atoms in total. The van der Waals surface area contributed by atoms with E-state index in [2.05, 4.69) is 15.1 Å². The van der Waals surface area contributed by atoms with E-state index >= 15 is 0 Å². The fourth-order valence-electron chi connectivity index (χ4n) is 3.19. The van der Waals surface area contributed by atoms with Crippen LogP contribution in [0.1, 0.15) is 12.8 Å². The van der Waals surface area contributed by atoms with Gasteiger partial charge in [0.25, 0.3) is 0 Å². The molecule has 108 valence electrons. The molecule has 2 fully saturated rings. The van der Waals surface area contributed by atoms with Crippen LogP contribution in [0.3, 0.4) is 0 Å². The molecular formula is C14H19FN4S. The minimum Gasteiger partial charge on any atom is -0.376 e. The minimum atomic E-state index is -0.224. The van der Waals surface area contributed by atoms with E-state index in [0.717, 1.165) is 19.6 Å². The first-order valence-electron chi connectivity index (χ1n) is 6.98. The molecule has 0 saturated carbocycles. The Bertz CT molecular complexity index is 522. The Labute approximate surface area is 123 Å². The monoisotopic (exact) mass is 294 g/mol. The van der Waals surface area contributed by atoms with Crippen LogP contribution < -0.4 is 16.0 Å². The van der Waals surface area contributed by atoms with E-state index in [-0.39, 0.29) is 10.9 Å². The number of nitrogens with one attached hydrogen (secondary N) is 1. The normalized spacial score (nSPS) is 22.6. The number of thiocarbonyl (C=S) groups is 1. The minimum absolute atomic E-state index is 0.150. The van der Waals surface area contributed by atoms with Crippen molar-refractivity contribution in [2.75, 3.05) is 36.4 Å². The SMILES string of the molecule is NC(=S)Nc1ccc(N2CCN3CCCC3C2)c(F)c1. The average Bonchev–Trinajstić information content (AvgIpc) is 2.85. The van der Waals surface area contributed by atoms with Crippen molar-refractivity contribution >= 4 is 28.7 Å². The number of benzene rings is 1. The maximum Gasteiger partial charge on any atom is 0.168 e. The van der Waals surface area contributed by atoms with Gasteiger partial charge in [-0.1, -0.05) is 0 Å². The van der Waals surface area contributed by atoms with Gasteiger partial charge in [-0.15, -0.1) is 0 Å². The van der Waals surface area contributed by atoms with Crippen molar-refractivity contribution in [2.24, 2.45) is 5.73 Å². The largest absolute Gasteiger partial charge is 0.376 e. The van der Waals surface area contributed by atoms with E-state index in [1.54, 1.807) is 6.07 Å². The Kier molecular flexibility index (Phi) is 3.76. The Hall–Kier alpha value is -1.40. The lowest BCUT2D eigenvalue weighted by Gasteiger charge is -2.39. The highest BCUT2D eigenvalue weighted by atomic mass is 32.1. The number of hydrogen-bond donors (Lipinski definition) is 2. The van der Waals surface area contributed by atoms with Crippen molar-refractivity contribution in [1.29, 1.82) is 0 Å². The van der Waals surface area contributed by atoms with Gasteiger partial charge < -0.3 is 16.0 Å². The zero-order chi connectivity index (χ0) is 14.1. The van der Waals surface area contributed by atoms with Crippen LogP contribution in [0.2, 0.25) is 0 Å². The maximum absolute atomic E-state index is 14.2. The predicted molar refractivity (Wildman–Crippen MR) is 83.6 cm³/mol. The van der Waals surface area contributed by atoms with E-state index in [4.69, 9.17) is 18.0 Å². The standard InChI is InChI=1S/C14H19FN4S/c15-12-8-10(17-14(16)20)3-4-13(12)19-7-6-18-5-1-2-11(18)9-19/h3-4,8,11H,1-2,5-7,9H2,(H3,16,17,20). The van der Waals surface area contributed by atoms with Crippen molar-refractivity contribution < 1.29 is 4.39 Å². The summed E-state index contributed by atoms with van der Waals surface area (Å²) in [5, 5.41) is 2.90. The molecule has 0 spiro atoms. The first-order chi connectivity index (χ1) is 9.63. The van der Waals surface area contributed by atoms with E-state index < -0.39 is 0 Å². The Morgan fingerprint density at radius 2 is 2.20 bits per heavy atom. The topological polar surface area (TPSA) is 44.5 Å². The summed E-state index contributed by atoms with van der Waals surface area (Å²) in [6.45, 7) is 4.02. The van der Waals surface area contributed by atoms with Crippen LogP contribution in [0.25, 0.3) is 0 Å². The molecule has 3 N–H and O–H groups in total. The molecular weight excluding hydrogens is 275 g/mol. The highest BCUT2D eigenvalue weighted by Gasteiger charge is 2.31. The summed E-state index contributed by atoms with van der Waals surface area (Å²) in [4.78, 5) is 4.66. The summed E-state index contributed by atoms with van der Waals surface area (Å²) >= 11 is 4.76. The van der Waals surface area contributed by atoms with E-state index in [1.807, 2.05) is 6.07 Å². The molecule has 1 unspecified atom stereocenters. The number of halogens is 1. The summed E-state index contributed by atoms with van der Waals surface area (Å²) in [6, 6.07) is 5.66. The Morgan fingerprint density at radius 3 is 2.95 bits per heavy atom. The highest BCUT2D eigenvalue weighted by Crippen LogP contribution is 2.28. The molecule has 1 aromatic rings. The quantitative estimate of drug-likeness (QED) is 0.814. The zero-order valence-corrected chi connectivity index (χ0v) is 12.1. The number of rotatable bonds is 2. The molecule has 0 bridgehead atoms. The van der Waals surface area contributed by atoms with Gasteiger partial charge in [0, 0.05) is 31.4 Å². The molecule has 20 heavy (non-hydrogen) atoms. The van der Waals surface area contributed by atoms with Crippen LogP contribution in [-0.2, 0) is 0 Å². The second-order valence-corrected chi connectivity index (χ2v) is 5.87. The van der Waals surface area contributed by atoms with Crippen LogP contribution in [0.5, 0.6) is 0 Å². The van der Waals surface area contributed by atoms with Gasteiger partial charge in [-0.2, -0.15) is 0 Å². The second-order valence-electron chi connectivity index (χ2n) is 5.43. The lowest BCUT2D eigenvalue weighted by atomic mass is 10.1. The molecule has 2 aliphatic heterocycles. The second kappa shape index (κ2) is 5.54. The number of fused-ring (bicyclic) bond motifs is 1. The number of piperazine rings is 1. The Morgan fingerprint density at radius 1 is 1.35 bits per heavy atom. The summed E-state index contributed by atoms with van der Waals surface area (Å²) in [7, 11) is 0. The average molecular weight is 294 g/mol. The van der Waals surface area contributed by atoms with Crippen LogP contribution in [0.15, 0.2) is 18.2 Å². The van der Waals surface area contributed by atoms with E-state index in [0.29, 0.717) is 17.4 Å². The molecule has 2 aliphatic rings. The van der Waals surface area contributed by atoms with Crippen LogP contribution in [-0.4, -0.2) is 42.2 Å². The maximum atomic E-state index is 14.2. The molecule has 3 rings (SSSR count). The van der Waals surface area contributed by atoms with Crippen molar-refractivity contribution in [2.45, 2.75) is 18.9 Å². The molecule has 0 radical (unpaired) electrons. The molecule has 1 atom stereocenters. The summed E-state index contributed by atoms with van der Waals surface area (Å²) in [6.07, 6.45) is 2.48. The fraction of sp³-hybridized carbons (Fsp3) is 0.500. The fourth-order valence-corrected chi connectivity index (χ4v) is 3.31. The number of hydrogen-bond acceptors (Lipinski definition) is 3. The first-order valence-corrected chi connectivity index (χ1v) is 7.39. The summed E-state index contributed by atoms with van der Waals surface area (Å²) in [5.74, 6) is -0.224. The third-order valence-electron chi connectivity index (χ3n) is 4.14. The third-order valence-corrected chi connectivity index (χ3v) is 4.25.